The highest BCUT2D eigenvalue weighted by molar-refractivity contribution is 5.68. The molecule has 1 aliphatic heterocycles. The van der Waals surface area contributed by atoms with Gasteiger partial charge in [-0.05, 0) is 39.5 Å². The summed E-state index contributed by atoms with van der Waals surface area (Å²) in [6.07, 6.45) is 4.39. The van der Waals surface area contributed by atoms with Crippen molar-refractivity contribution in [3.8, 4) is 11.8 Å². The van der Waals surface area contributed by atoms with Crippen LogP contribution in [0.3, 0.4) is 0 Å². The lowest BCUT2D eigenvalue weighted by Gasteiger charge is -2.31. The average Bonchev–Trinajstić information content (AvgIpc) is 2.55. The molecule has 0 bridgehead atoms. The van der Waals surface area contributed by atoms with E-state index < -0.39 is 5.60 Å². The first-order chi connectivity index (χ1) is 11.3. The molecule has 1 aromatic rings. The van der Waals surface area contributed by atoms with Crippen molar-refractivity contribution < 1.29 is 9.53 Å². The molecule has 2 N–H and O–H groups in total. The Balaban J connectivity index is 0.00000139. The van der Waals surface area contributed by atoms with Crippen LogP contribution in [0.4, 0.5) is 10.5 Å². The summed E-state index contributed by atoms with van der Waals surface area (Å²) in [5, 5.41) is 0. The van der Waals surface area contributed by atoms with Crippen LogP contribution in [0, 0.1) is 17.8 Å². The summed E-state index contributed by atoms with van der Waals surface area (Å²) < 4.78 is 5.37. The SMILES string of the molecule is CC.CC(C)(C)OC(=O)N1CCC(C#Cc2ncncc2N)CC1. The minimum Gasteiger partial charge on any atom is -0.444 e. The molecule has 0 saturated carbocycles. The van der Waals surface area contributed by atoms with Gasteiger partial charge < -0.3 is 15.4 Å². The van der Waals surface area contributed by atoms with E-state index in [2.05, 4.69) is 21.8 Å². The van der Waals surface area contributed by atoms with Gasteiger partial charge in [-0.1, -0.05) is 19.8 Å². The Labute approximate surface area is 144 Å². The van der Waals surface area contributed by atoms with Gasteiger partial charge in [0.15, 0.2) is 0 Å². The highest BCUT2D eigenvalue weighted by Crippen LogP contribution is 2.19. The Morgan fingerprint density at radius 3 is 2.50 bits per heavy atom. The summed E-state index contributed by atoms with van der Waals surface area (Å²) in [5.74, 6) is 6.44. The predicted octanol–water partition coefficient (Wildman–Crippen LogP) is 3.08. The number of nitrogen functional groups attached to an aromatic ring is 1. The molecule has 0 aliphatic carbocycles. The molecule has 0 radical (unpaired) electrons. The molecular weight excluding hydrogens is 304 g/mol. The number of rotatable bonds is 0. The number of anilines is 1. The first-order valence-electron chi connectivity index (χ1n) is 8.40. The van der Waals surface area contributed by atoms with E-state index in [0.717, 1.165) is 12.8 Å². The number of nitrogens with two attached hydrogens (primary N) is 1. The molecular formula is C18H28N4O2. The number of piperidine rings is 1. The fourth-order valence-corrected chi connectivity index (χ4v) is 2.15. The van der Waals surface area contributed by atoms with Gasteiger partial charge in [-0.25, -0.2) is 14.8 Å². The number of carbonyl (C=O) groups is 1. The molecule has 0 spiro atoms. The normalized spacial score (nSPS) is 14.8. The smallest absolute Gasteiger partial charge is 0.410 e. The summed E-state index contributed by atoms with van der Waals surface area (Å²) in [5.41, 5.74) is 6.35. The lowest BCUT2D eigenvalue weighted by molar-refractivity contribution is 0.0199. The van der Waals surface area contributed by atoms with Crippen molar-refractivity contribution in [1.29, 1.82) is 0 Å². The Kier molecular flexibility index (Phi) is 7.50. The third-order valence-electron chi connectivity index (χ3n) is 3.28. The Hall–Kier alpha value is -2.29. The van der Waals surface area contributed by atoms with Gasteiger partial charge in [0.25, 0.3) is 0 Å². The van der Waals surface area contributed by atoms with Crippen LogP contribution in [0.15, 0.2) is 12.5 Å². The van der Waals surface area contributed by atoms with Crippen LogP contribution >= 0.6 is 0 Å². The zero-order chi connectivity index (χ0) is 18.2. The molecule has 6 nitrogen and oxygen atoms in total. The molecule has 0 atom stereocenters. The molecule has 6 heteroatoms. The van der Waals surface area contributed by atoms with Crippen molar-refractivity contribution in [2.24, 2.45) is 5.92 Å². The second-order valence-electron chi connectivity index (χ2n) is 6.34. The third-order valence-corrected chi connectivity index (χ3v) is 3.28. The number of hydrogen-bond acceptors (Lipinski definition) is 5. The molecule has 132 valence electrons. The van der Waals surface area contributed by atoms with Crippen LogP contribution in [0.5, 0.6) is 0 Å². The number of carbonyl (C=O) groups excluding carboxylic acids is 1. The lowest BCUT2D eigenvalue weighted by Crippen LogP contribution is -2.41. The van der Waals surface area contributed by atoms with Crippen molar-refractivity contribution >= 4 is 11.8 Å². The quantitative estimate of drug-likeness (QED) is 0.738. The van der Waals surface area contributed by atoms with E-state index in [9.17, 15) is 4.79 Å². The Morgan fingerprint density at radius 1 is 1.33 bits per heavy atom. The van der Waals surface area contributed by atoms with E-state index in [1.165, 1.54) is 6.33 Å². The Morgan fingerprint density at radius 2 is 1.96 bits per heavy atom. The van der Waals surface area contributed by atoms with E-state index in [1.54, 1.807) is 11.1 Å². The molecule has 1 saturated heterocycles. The van der Waals surface area contributed by atoms with E-state index >= 15 is 0 Å². The number of hydrogen-bond donors (Lipinski definition) is 1. The van der Waals surface area contributed by atoms with Crippen LogP contribution in [0.1, 0.15) is 53.2 Å². The van der Waals surface area contributed by atoms with Crippen LogP contribution in [0.2, 0.25) is 0 Å². The van der Waals surface area contributed by atoms with Gasteiger partial charge >= 0.3 is 6.09 Å². The monoisotopic (exact) mass is 332 g/mol. The molecule has 0 aromatic carbocycles. The number of nitrogens with zero attached hydrogens (tertiary/aromatic N) is 3. The van der Waals surface area contributed by atoms with Gasteiger partial charge in [-0.15, -0.1) is 0 Å². The number of aromatic nitrogens is 2. The van der Waals surface area contributed by atoms with Crippen LogP contribution < -0.4 is 5.73 Å². The van der Waals surface area contributed by atoms with Crippen molar-refractivity contribution in [2.45, 2.75) is 53.1 Å². The largest absolute Gasteiger partial charge is 0.444 e. The second kappa shape index (κ2) is 9.11. The molecule has 1 fully saturated rings. The standard InChI is InChI=1S/C16H22N4O2.C2H6/c1-16(2,3)22-15(21)20-8-6-12(7-9-20)4-5-14-13(17)10-18-11-19-14;1-2/h10-12H,6-9,17H2,1-3H3;1-2H3. The van der Waals surface area contributed by atoms with E-state index in [1.807, 2.05) is 34.6 Å². The Bertz CT molecular complexity index is 591. The van der Waals surface area contributed by atoms with E-state index in [4.69, 9.17) is 10.5 Å². The minimum atomic E-state index is -0.460. The fourth-order valence-electron chi connectivity index (χ4n) is 2.15. The second-order valence-corrected chi connectivity index (χ2v) is 6.34. The zero-order valence-electron chi connectivity index (χ0n) is 15.3. The van der Waals surface area contributed by atoms with Crippen LogP contribution in [-0.4, -0.2) is 39.7 Å². The molecule has 1 amide bonds. The van der Waals surface area contributed by atoms with Crippen molar-refractivity contribution in [2.75, 3.05) is 18.8 Å². The van der Waals surface area contributed by atoms with Crippen LogP contribution in [0.25, 0.3) is 0 Å². The van der Waals surface area contributed by atoms with Crippen molar-refractivity contribution in [3.05, 3.63) is 18.2 Å². The average molecular weight is 332 g/mol. The zero-order valence-corrected chi connectivity index (χ0v) is 15.3. The number of amides is 1. The van der Waals surface area contributed by atoms with Gasteiger partial charge in [0.1, 0.15) is 17.6 Å². The topological polar surface area (TPSA) is 81.3 Å². The molecule has 2 rings (SSSR count). The van der Waals surface area contributed by atoms with E-state index in [0.29, 0.717) is 24.5 Å². The van der Waals surface area contributed by atoms with Crippen molar-refractivity contribution in [1.82, 2.24) is 14.9 Å². The van der Waals surface area contributed by atoms with Gasteiger partial charge in [0.2, 0.25) is 0 Å². The lowest BCUT2D eigenvalue weighted by atomic mass is 9.97. The highest BCUT2D eigenvalue weighted by atomic mass is 16.6. The number of ether oxygens (including phenoxy) is 1. The van der Waals surface area contributed by atoms with Gasteiger partial charge in [0.05, 0.1) is 11.9 Å². The molecule has 1 aromatic heterocycles. The van der Waals surface area contributed by atoms with E-state index in [-0.39, 0.29) is 12.0 Å². The minimum absolute atomic E-state index is 0.244. The molecule has 2 heterocycles. The van der Waals surface area contributed by atoms with Crippen molar-refractivity contribution in [3.63, 3.8) is 0 Å². The first-order valence-corrected chi connectivity index (χ1v) is 8.40. The molecule has 1 aliphatic rings. The maximum Gasteiger partial charge on any atom is 0.410 e. The van der Waals surface area contributed by atoms with Gasteiger partial charge in [-0.3, -0.25) is 0 Å². The fraction of sp³-hybridized carbons (Fsp3) is 0.611. The first kappa shape index (κ1) is 19.8. The summed E-state index contributed by atoms with van der Waals surface area (Å²) in [6.45, 7) is 10.9. The third kappa shape index (κ3) is 6.45. The predicted molar refractivity (Wildman–Crippen MR) is 95.2 cm³/mol. The maximum absolute atomic E-state index is 12.0. The van der Waals surface area contributed by atoms with Crippen LogP contribution in [-0.2, 0) is 4.74 Å². The summed E-state index contributed by atoms with van der Waals surface area (Å²) in [7, 11) is 0. The maximum atomic E-state index is 12.0. The highest BCUT2D eigenvalue weighted by Gasteiger charge is 2.26. The summed E-state index contributed by atoms with van der Waals surface area (Å²) in [6, 6.07) is 0. The number of likely N-dealkylation sites (tertiary alicyclic amines) is 1. The summed E-state index contributed by atoms with van der Waals surface area (Å²) >= 11 is 0. The molecule has 0 unspecified atom stereocenters. The van der Waals surface area contributed by atoms with Gasteiger partial charge in [-0.2, -0.15) is 0 Å². The van der Waals surface area contributed by atoms with Gasteiger partial charge in [0, 0.05) is 19.0 Å². The molecule has 24 heavy (non-hydrogen) atoms. The summed E-state index contributed by atoms with van der Waals surface area (Å²) in [4.78, 5) is 21.6.